The third-order valence-corrected chi connectivity index (χ3v) is 7.37. The molecule has 138 valence electrons. The van der Waals surface area contributed by atoms with Gasteiger partial charge in [-0.2, -0.15) is 0 Å². The third kappa shape index (κ3) is 2.98. The molecular weight excluding hydrogens is 418 g/mol. The van der Waals surface area contributed by atoms with E-state index in [4.69, 9.17) is 15.2 Å². The molecule has 3 aliphatic rings. The highest BCUT2D eigenvalue weighted by Gasteiger charge is 2.57. The van der Waals surface area contributed by atoms with Crippen molar-refractivity contribution < 1.29 is 23.0 Å². The molecule has 25 heavy (non-hydrogen) atoms. The van der Waals surface area contributed by atoms with Gasteiger partial charge in [-0.3, -0.25) is 0 Å². The molecule has 0 aromatic carbocycles. The van der Waals surface area contributed by atoms with Crippen LogP contribution in [0.25, 0.3) is 0 Å². The number of fused-ring (bicyclic) bond motifs is 2. The Hall–Kier alpha value is -0.770. The molecule has 2 fully saturated rings. The summed E-state index contributed by atoms with van der Waals surface area (Å²) in [6, 6.07) is -0.218. The fourth-order valence-corrected chi connectivity index (χ4v) is 6.07. The Morgan fingerprint density at radius 1 is 1.52 bits per heavy atom. The van der Waals surface area contributed by atoms with Crippen LogP contribution in [-0.4, -0.2) is 51.3 Å². The Balaban J connectivity index is 1.62. The maximum absolute atomic E-state index is 14.3. The Morgan fingerprint density at radius 2 is 2.20 bits per heavy atom. The standard InChI is InChI=1S/C16H19BrF2N2O3S/c1-23-15(22)13-12-7(14(17)25-13)2-16(18,19)6-21(12)3-10(20)11-8-4-24-5-9(8)11/h8-11H,2-6,20H2,1H3/t8-,9+,10?,11-. The number of carbonyl (C=O) groups is 1. The van der Waals surface area contributed by atoms with E-state index in [2.05, 4.69) is 15.9 Å². The zero-order chi connectivity index (χ0) is 17.9. The van der Waals surface area contributed by atoms with E-state index in [1.165, 1.54) is 7.11 Å². The number of carbonyl (C=O) groups excluding carboxylic acids is 1. The second kappa shape index (κ2) is 6.14. The number of hydrogen-bond donors (Lipinski definition) is 1. The minimum atomic E-state index is -2.85. The van der Waals surface area contributed by atoms with Gasteiger partial charge in [0.2, 0.25) is 0 Å². The van der Waals surface area contributed by atoms with Crippen LogP contribution in [0.15, 0.2) is 3.79 Å². The first-order chi connectivity index (χ1) is 11.8. The van der Waals surface area contributed by atoms with Crippen molar-refractivity contribution in [3.8, 4) is 0 Å². The molecule has 2 aliphatic heterocycles. The summed E-state index contributed by atoms with van der Waals surface area (Å²) in [6.07, 6.45) is -0.384. The molecule has 0 bridgehead atoms. The average Bonchev–Trinajstić information content (AvgIpc) is 2.87. The molecule has 4 rings (SSSR count). The van der Waals surface area contributed by atoms with Crippen molar-refractivity contribution in [3.05, 3.63) is 14.2 Å². The lowest BCUT2D eigenvalue weighted by Crippen LogP contribution is -2.49. The minimum absolute atomic E-state index is 0.218. The zero-order valence-electron chi connectivity index (χ0n) is 13.6. The van der Waals surface area contributed by atoms with Crippen molar-refractivity contribution in [2.24, 2.45) is 23.5 Å². The van der Waals surface area contributed by atoms with Gasteiger partial charge in [0.1, 0.15) is 4.88 Å². The fourth-order valence-electron chi connectivity index (χ4n) is 4.27. The topological polar surface area (TPSA) is 64.8 Å². The van der Waals surface area contributed by atoms with Crippen molar-refractivity contribution in [3.63, 3.8) is 0 Å². The van der Waals surface area contributed by atoms with Gasteiger partial charge in [0.05, 0.1) is 36.3 Å². The normalized spacial score (nSPS) is 30.6. The number of alkyl halides is 2. The van der Waals surface area contributed by atoms with Gasteiger partial charge in [-0.1, -0.05) is 0 Å². The first kappa shape index (κ1) is 17.6. The zero-order valence-corrected chi connectivity index (χ0v) is 16.0. The van der Waals surface area contributed by atoms with Gasteiger partial charge < -0.3 is 20.1 Å². The Morgan fingerprint density at radius 3 is 2.84 bits per heavy atom. The number of nitrogens with zero attached hydrogens (tertiary/aromatic N) is 1. The van der Waals surface area contributed by atoms with Crippen LogP contribution in [0.4, 0.5) is 14.5 Å². The van der Waals surface area contributed by atoms with Crippen LogP contribution < -0.4 is 10.6 Å². The van der Waals surface area contributed by atoms with Crippen LogP contribution in [0, 0.1) is 17.8 Å². The lowest BCUT2D eigenvalue weighted by molar-refractivity contribution is 0.00475. The van der Waals surface area contributed by atoms with E-state index in [-0.39, 0.29) is 12.5 Å². The van der Waals surface area contributed by atoms with Crippen molar-refractivity contribution in [1.29, 1.82) is 0 Å². The number of esters is 1. The highest BCUT2D eigenvalue weighted by molar-refractivity contribution is 9.11. The predicted octanol–water partition coefficient (Wildman–Crippen LogP) is 2.51. The molecule has 9 heteroatoms. The maximum Gasteiger partial charge on any atom is 0.350 e. The first-order valence-corrected chi connectivity index (χ1v) is 9.79. The lowest BCUT2D eigenvalue weighted by Gasteiger charge is -2.36. The number of ether oxygens (including phenoxy) is 2. The van der Waals surface area contributed by atoms with E-state index in [1.807, 2.05) is 0 Å². The average molecular weight is 437 g/mol. The summed E-state index contributed by atoms with van der Waals surface area (Å²) in [7, 11) is 1.29. The van der Waals surface area contributed by atoms with E-state index in [9.17, 15) is 13.6 Å². The van der Waals surface area contributed by atoms with Gasteiger partial charge in [-0.15, -0.1) is 11.3 Å². The molecule has 3 heterocycles. The number of thiophene rings is 1. The molecule has 1 saturated carbocycles. The molecule has 1 aromatic heterocycles. The number of anilines is 1. The van der Waals surface area contributed by atoms with Gasteiger partial charge in [-0.25, -0.2) is 13.6 Å². The van der Waals surface area contributed by atoms with Crippen molar-refractivity contribution in [2.45, 2.75) is 18.4 Å². The van der Waals surface area contributed by atoms with Crippen LogP contribution in [0.5, 0.6) is 0 Å². The van der Waals surface area contributed by atoms with Gasteiger partial charge in [0, 0.05) is 24.6 Å². The summed E-state index contributed by atoms with van der Waals surface area (Å²) in [6.45, 7) is 1.29. The summed E-state index contributed by atoms with van der Waals surface area (Å²) < 4.78 is 39.3. The van der Waals surface area contributed by atoms with E-state index < -0.39 is 18.4 Å². The molecule has 0 amide bonds. The summed E-state index contributed by atoms with van der Waals surface area (Å²) in [5.41, 5.74) is 7.36. The lowest BCUT2D eigenvalue weighted by atomic mass is 9.99. The second-order valence-corrected chi connectivity index (χ2v) is 9.38. The minimum Gasteiger partial charge on any atom is -0.465 e. The molecule has 4 atom stereocenters. The summed E-state index contributed by atoms with van der Waals surface area (Å²) in [5, 5.41) is 0. The highest BCUT2D eigenvalue weighted by Crippen LogP contribution is 2.53. The van der Waals surface area contributed by atoms with Gasteiger partial charge >= 0.3 is 5.97 Å². The molecule has 2 N–H and O–H groups in total. The first-order valence-electron chi connectivity index (χ1n) is 8.18. The molecule has 0 radical (unpaired) electrons. The molecular formula is C16H19BrF2N2O3S. The fraction of sp³-hybridized carbons (Fsp3) is 0.688. The molecule has 0 spiro atoms. The Kier molecular flexibility index (Phi) is 4.33. The van der Waals surface area contributed by atoms with E-state index in [0.29, 0.717) is 57.4 Å². The largest absolute Gasteiger partial charge is 0.465 e. The quantitative estimate of drug-likeness (QED) is 0.734. The summed E-state index contributed by atoms with van der Waals surface area (Å²) in [4.78, 5) is 14.0. The van der Waals surface area contributed by atoms with Crippen molar-refractivity contribution >= 4 is 38.9 Å². The third-order valence-electron chi connectivity index (χ3n) is 5.42. The van der Waals surface area contributed by atoms with Crippen LogP contribution >= 0.6 is 27.3 Å². The summed E-state index contributed by atoms with van der Waals surface area (Å²) in [5.74, 6) is -2.14. The highest BCUT2D eigenvalue weighted by atomic mass is 79.9. The van der Waals surface area contributed by atoms with Gasteiger partial charge in [0.15, 0.2) is 0 Å². The van der Waals surface area contributed by atoms with Crippen LogP contribution in [0.3, 0.4) is 0 Å². The molecule has 1 saturated heterocycles. The van der Waals surface area contributed by atoms with Crippen LogP contribution in [0.1, 0.15) is 15.2 Å². The van der Waals surface area contributed by atoms with E-state index in [1.54, 1.807) is 4.90 Å². The Labute approximate surface area is 156 Å². The van der Waals surface area contributed by atoms with Crippen molar-refractivity contribution in [1.82, 2.24) is 0 Å². The van der Waals surface area contributed by atoms with Crippen molar-refractivity contribution in [2.75, 3.05) is 38.3 Å². The maximum atomic E-state index is 14.3. The smallest absolute Gasteiger partial charge is 0.350 e. The molecule has 1 aliphatic carbocycles. The monoisotopic (exact) mass is 436 g/mol. The molecule has 5 nitrogen and oxygen atoms in total. The van der Waals surface area contributed by atoms with Gasteiger partial charge in [0.25, 0.3) is 5.92 Å². The number of hydrogen-bond acceptors (Lipinski definition) is 6. The predicted molar refractivity (Wildman–Crippen MR) is 93.5 cm³/mol. The summed E-state index contributed by atoms with van der Waals surface area (Å²) >= 11 is 4.47. The SMILES string of the molecule is COC(=O)c1sc(Br)c2c1N(CC(N)[C@@H]1[C@@H]3COC[C@@H]31)CC(F)(F)C2. The van der Waals surface area contributed by atoms with E-state index >= 15 is 0 Å². The van der Waals surface area contributed by atoms with Crippen LogP contribution in [0.2, 0.25) is 0 Å². The number of nitrogens with two attached hydrogens (primary N) is 1. The molecule has 1 aromatic rings. The van der Waals surface area contributed by atoms with Crippen LogP contribution in [-0.2, 0) is 15.9 Å². The number of rotatable bonds is 4. The number of methoxy groups -OCH3 is 1. The molecule has 1 unspecified atom stereocenters. The van der Waals surface area contributed by atoms with Gasteiger partial charge in [-0.05, 0) is 33.7 Å². The van der Waals surface area contributed by atoms with E-state index in [0.717, 1.165) is 11.3 Å². The number of halogens is 3. The second-order valence-electron chi connectivity index (χ2n) is 7.04. The Bertz CT molecular complexity index is 704.